The van der Waals surface area contributed by atoms with Gasteiger partial charge in [0.05, 0.1) is 13.2 Å². The minimum absolute atomic E-state index is 0.0315. The Labute approximate surface area is 107 Å². The molecule has 0 atom stereocenters. The zero-order valence-corrected chi connectivity index (χ0v) is 10.6. The first-order chi connectivity index (χ1) is 8.72. The van der Waals surface area contributed by atoms with E-state index in [9.17, 15) is 4.79 Å². The van der Waals surface area contributed by atoms with Crippen molar-refractivity contribution >= 4 is 17.3 Å². The number of carbonyl (C=O) groups excluding carboxylic acids is 1. The molecule has 0 aliphatic carbocycles. The Morgan fingerprint density at radius 2 is 2.17 bits per heavy atom. The van der Waals surface area contributed by atoms with Crippen molar-refractivity contribution in [3.8, 4) is 0 Å². The van der Waals surface area contributed by atoms with Crippen LogP contribution in [0.4, 0.5) is 11.4 Å². The summed E-state index contributed by atoms with van der Waals surface area (Å²) in [7, 11) is 1.63. The maximum Gasteiger partial charge on any atom is 0.224 e. The van der Waals surface area contributed by atoms with Crippen LogP contribution < -0.4 is 11.1 Å². The minimum atomic E-state index is -0.0315. The summed E-state index contributed by atoms with van der Waals surface area (Å²) >= 11 is 0. The van der Waals surface area contributed by atoms with Gasteiger partial charge >= 0.3 is 0 Å². The number of carbonyl (C=O) groups is 1. The van der Waals surface area contributed by atoms with E-state index in [4.69, 9.17) is 15.2 Å². The van der Waals surface area contributed by atoms with Crippen molar-refractivity contribution in [2.24, 2.45) is 0 Å². The van der Waals surface area contributed by atoms with Crippen LogP contribution in [0.15, 0.2) is 24.3 Å². The molecule has 0 heterocycles. The molecule has 0 radical (unpaired) electrons. The van der Waals surface area contributed by atoms with Gasteiger partial charge in [0.2, 0.25) is 5.91 Å². The Hall–Kier alpha value is -1.59. The molecule has 18 heavy (non-hydrogen) atoms. The maximum atomic E-state index is 11.6. The van der Waals surface area contributed by atoms with Crippen molar-refractivity contribution in [2.45, 2.75) is 12.8 Å². The van der Waals surface area contributed by atoms with Gasteiger partial charge in [0.1, 0.15) is 0 Å². The fourth-order valence-corrected chi connectivity index (χ4v) is 1.42. The Balaban J connectivity index is 2.14. The molecule has 0 aliphatic heterocycles. The van der Waals surface area contributed by atoms with Crippen molar-refractivity contribution in [1.82, 2.24) is 0 Å². The lowest BCUT2D eigenvalue weighted by atomic mass is 10.2. The average molecular weight is 252 g/mol. The molecule has 0 aromatic heterocycles. The molecule has 100 valence electrons. The standard InChI is InChI=1S/C13H20N2O3/c1-17-8-9-18-7-3-6-13(16)15-12-5-2-4-11(14)10-12/h2,4-5,10H,3,6-9,14H2,1H3,(H,15,16). The molecule has 0 spiro atoms. The highest BCUT2D eigenvalue weighted by Crippen LogP contribution is 2.12. The number of hydrogen-bond acceptors (Lipinski definition) is 4. The van der Waals surface area contributed by atoms with Gasteiger partial charge in [-0.15, -0.1) is 0 Å². The molecule has 0 saturated heterocycles. The molecule has 0 aliphatic rings. The lowest BCUT2D eigenvalue weighted by Gasteiger charge is -2.06. The van der Waals surface area contributed by atoms with Crippen LogP contribution in [0.1, 0.15) is 12.8 Å². The summed E-state index contributed by atoms with van der Waals surface area (Å²) in [5, 5.41) is 2.79. The SMILES string of the molecule is COCCOCCCC(=O)Nc1cccc(N)c1. The van der Waals surface area contributed by atoms with Gasteiger partial charge in [-0.25, -0.2) is 0 Å². The molecular formula is C13H20N2O3. The van der Waals surface area contributed by atoms with Crippen molar-refractivity contribution < 1.29 is 14.3 Å². The number of anilines is 2. The zero-order chi connectivity index (χ0) is 13.2. The third kappa shape index (κ3) is 6.22. The second-order valence-electron chi connectivity index (χ2n) is 3.88. The molecule has 0 fully saturated rings. The summed E-state index contributed by atoms with van der Waals surface area (Å²) in [4.78, 5) is 11.6. The lowest BCUT2D eigenvalue weighted by molar-refractivity contribution is -0.116. The first kappa shape index (κ1) is 14.5. The quantitative estimate of drug-likeness (QED) is 0.545. The molecule has 1 amide bonds. The van der Waals surface area contributed by atoms with E-state index in [1.807, 2.05) is 6.07 Å². The van der Waals surface area contributed by atoms with E-state index in [-0.39, 0.29) is 5.91 Å². The van der Waals surface area contributed by atoms with Crippen LogP contribution in [-0.4, -0.2) is 32.8 Å². The van der Waals surface area contributed by atoms with Gasteiger partial charge in [0.25, 0.3) is 0 Å². The van der Waals surface area contributed by atoms with E-state index >= 15 is 0 Å². The van der Waals surface area contributed by atoms with Crippen LogP contribution in [0.3, 0.4) is 0 Å². The first-order valence-electron chi connectivity index (χ1n) is 5.94. The van der Waals surface area contributed by atoms with Crippen LogP contribution in [0, 0.1) is 0 Å². The predicted octanol–water partition coefficient (Wildman–Crippen LogP) is 1.65. The van der Waals surface area contributed by atoms with Crippen molar-refractivity contribution in [2.75, 3.05) is 38.0 Å². The molecule has 5 heteroatoms. The normalized spacial score (nSPS) is 10.3. The van der Waals surface area contributed by atoms with E-state index in [0.717, 1.165) is 5.69 Å². The number of rotatable bonds is 8. The van der Waals surface area contributed by atoms with E-state index in [2.05, 4.69) is 5.32 Å². The number of methoxy groups -OCH3 is 1. The largest absolute Gasteiger partial charge is 0.399 e. The van der Waals surface area contributed by atoms with Gasteiger partial charge in [0.15, 0.2) is 0 Å². The number of benzene rings is 1. The fraction of sp³-hybridized carbons (Fsp3) is 0.462. The number of ether oxygens (including phenoxy) is 2. The van der Waals surface area contributed by atoms with Crippen LogP contribution in [0.25, 0.3) is 0 Å². The molecule has 0 saturated carbocycles. The Kier molecular flexibility index (Phi) is 6.83. The molecule has 0 unspecified atom stereocenters. The monoisotopic (exact) mass is 252 g/mol. The van der Waals surface area contributed by atoms with Gasteiger partial charge in [-0.1, -0.05) is 6.07 Å². The highest BCUT2D eigenvalue weighted by Gasteiger charge is 2.02. The molecule has 1 aromatic rings. The van der Waals surface area contributed by atoms with Crippen molar-refractivity contribution in [3.05, 3.63) is 24.3 Å². The Morgan fingerprint density at radius 1 is 1.33 bits per heavy atom. The van der Waals surface area contributed by atoms with Crippen LogP contribution in [-0.2, 0) is 14.3 Å². The topological polar surface area (TPSA) is 73.6 Å². The fourth-order valence-electron chi connectivity index (χ4n) is 1.42. The first-order valence-corrected chi connectivity index (χ1v) is 5.94. The highest BCUT2D eigenvalue weighted by molar-refractivity contribution is 5.91. The summed E-state index contributed by atoms with van der Waals surface area (Å²) in [5.74, 6) is -0.0315. The van der Waals surface area contributed by atoms with Gasteiger partial charge < -0.3 is 20.5 Å². The summed E-state index contributed by atoms with van der Waals surface area (Å²) < 4.78 is 10.1. The number of nitrogens with two attached hydrogens (primary N) is 1. The number of hydrogen-bond donors (Lipinski definition) is 2. The smallest absolute Gasteiger partial charge is 0.224 e. The zero-order valence-electron chi connectivity index (χ0n) is 10.6. The lowest BCUT2D eigenvalue weighted by Crippen LogP contribution is -2.13. The van der Waals surface area contributed by atoms with Gasteiger partial charge in [0, 0.05) is 31.5 Å². The molecule has 1 aromatic carbocycles. The molecule has 1 rings (SSSR count). The van der Waals surface area contributed by atoms with E-state index < -0.39 is 0 Å². The molecule has 0 bridgehead atoms. The van der Waals surface area contributed by atoms with Gasteiger partial charge in [-0.2, -0.15) is 0 Å². The van der Waals surface area contributed by atoms with Gasteiger partial charge in [-0.3, -0.25) is 4.79 Å². The van der Waals surface area contributed by atoms with Gasteiger partial charge in [-0.05, 0) is 24.6 Å². The van der Waals surface area contributed by atoms with E-state index in [1.165, 1.54) is 0 Å². The highest BCUT2D eigenvalue weighted by atomic mass is 16.5. The summed E-state index contributed by atoms with van der Waals surface area (Å²) in [5.41, 5.74) is 6.98. The molecular weight excluding hydrogens is 232 g/mol. The Bertz CT molecular complexity index is 369. The van der Waals surface area contributed by atoms with E-state index in [0.29, 0.717) is 38.3 Å². The summed E-state index contributed by atoms with van der Waals surface area (Å²) in [6, 6.07) is 7.12. The third-order valence-corrected chi connectivity index (χ3v) is 2.29. The molecule has 3 N–H and O–H groups in total. The second-order valence-corrected chi connectivity index (χ2v) is 3.88. The van der Waals surface area contributed by atoms with Crippen molar-refractivity contribution in [3.63, 3.8) is 0 Å². The van der Waals surface area contributed by atoms with Crippen LogP contribution >= 0.6 is 0 Å². The van der Waals surface area contributed by atoms with Crippen molar-refractivity contribution in [1.29, 1.82) is 0 Å². The minimum Gasteiger partial charge on any atom is -0.399 e. The number of amides is 1. The second kappa shape index (κ2) is 8.49. The number of nitrogen functional groups attached to an aromatic ring is 1. The average Bonchev–Trinajstić information content (AvgIpc) is 2.33. The summed E-state index contributed by atoms with van der Waals surface area (Å²) in [6.45, 7) is 1.70. The third-order valence-electron chi connectivity index (χ3n) is 2.29. The Morgan fingerprint density at radius 3 is 2.89 bits per heavy atom. The van der Waals surface area contributed by atoms with Crippen LogP contribution in [0.5, 0.6) is 0 Å². The molecule has 5 nitrogen and oxygen atoms in total. The van der Waals surface area contributed by atoms with Crippen LogP contribution in [0.2, 0.25) is 0 Å². The maximum absolute atomic E-state index is 11.6. The number of nitrogens with one attached hydrogen (secondary N) is 1. The van der Waals surface area contributed by atoms with E-state index in [1.54, 1.807) is 25.3 Å². The summed E-state index contributed by atoms with van der Waals surface area (Å²) in [6.07, 6.45) is 1.12. The predicted molar refractivity (Wildman–Crippen MR) is 71.4 cm³/mol.